The van der Waals surface area contributed by atoms with E-state index in [0.717, 1.165) is 6.08 Å². The largest absolute Gasteiger partial charge is 0.480 e. The molecule has 0 unspecified atom stereocenters. The van der Waals surface area contributed by atoms with Gasteiger partial charge in [-0.3, -0.25) is 9.59 Å². The summed E-state index contributed by atoms with van der Waals surface area (Å²) in [6.45, 7) is 0. The van der Waals surface area contributed by atoms with Crippen LogP contribution in [0.3, 0.4) is 0 Å². The van der Waals surface area contributed by atoms with E-state index in [2.05, 4.69) is 0 Å². The highest BCUT2D eigenvalue weighted by molar-refractivity contribution is 6.35. The molecule has 0 aromatic heterocycles. The number of carbonyl (C=O) groups is 3. The van der Waals surface area contributed by atoms with Gasteiger partial charge in [0.05, 0.1) is 5.57 Å². The van der Waals surface area contributed by atoms with Crippen molar-refractivity contribution < 1.29 is 29.7 Å². The second kappa shape index (κ2) is 4.10. The van der Waals surface area contributed by atoms with Crippen molar-refractivity contribution in [3.8, 4) is 0 Å². The van der Waals surface area contributed by atoms with Crippen molar-refractivity contribution >= 4 is 29.5 Å². The van der Waals surface area contributed by atoms with E-state index in [4.69, 9.17) is 32.7 Å². The van der Waals surface area contributed by atoms with Gasteiger partial charge in [0.2, 0.25) is 5.41 Å². The highest BCUT2D eigenvalue weighted by atomic mass is 35.5. The van der Waals surface area contributed by atoms with Gasteiger partial charge in [-0.15, -0.1) is 0 Å². The molecule has 7 nitrogen and oxygen atoms in total. The number of carboxylic acid groups (broad SMARTS) is 3. The van der Waals surface area contributed by atoms with E-state index < -0.39 is 40.3 Å². The SMILES string of the molecule is NC1=C(C(=O)O)C=C(Cl)C(C(=O)O)(C(=O)O)C1. The average molecular weight is 262 g/mol. The summed E-state index contributed by atoms with van der Waals surface area (Å²) in [6, 6.07) is 0. The summed E-state index contributed by atoms with van der Waals surface area (Å²) < 4.78 is 0. The third-order valence-corrected chi connectivity index (χ3v) is 2.87. The summed E-state index contributed by atoms with van der Waals surface area (Å²) in [7, 11) is 0. The van der Waals surface area contributed by atoms with Gasteiger partial charge in [0.25, 0.3) is 0 Å². The fourth-order valence-electron chi connectivity index (χ4n) is 1.45. The zero-order valence-corrected chi connectivity index (χ0v) is 9.06. The van der Waals surface area contributed by atoms with Gasteiger partial charge in [0, 0.05) is 17.2 Å². The van der Waals surface area contributed by atoms with Gasteiger partial charge < -0.3 is 21.1 Å². The summed E-state index contributed by atoms with van der Waals surface area (Å²) in [5.74, 6) is -4.79. The van der Waals surface area contributed by atoms with Crippen LogP contribution in [0.5, 0.6) is 0 Å². The molecule has 1 rings (SSSR count). The topological polar surface area (TPSA) is 138 Å². The molecule has 0 spiro atoms. The van der Waals surface area contributed by atoms with Crippen molar-refractivity contribution in [2.45, 2.75) is 6.42 Å². The highest BCUT2D eigenvalue weighted by Crippen LogP contribution is 2.41. The Balaban J connectivity index is 3.39. The number of aliphatic carboxylic acids is 3. The zero-order chi connectivity index (χ0) is 13.4. The molecule has 0 aliphatic heterocycles. The van der Waals surface area contributed by atoms with Crippen molar-refractivity contribution in [1.82, 2.24) is 0 Å². The van der Waals surface area contributed by atoms with Crippen LogP contribution in [-0.2, 0) is 14.4 Å². The number of hydrogen-bond donors (Lipinski definition) is 4. The van der Waals surface area contributed by atoms with Gasteiger partial charge in [-0.05, 0) is 6.08 Å². The van der Waals surface area contributed by atoms with Gasteiger partial charge >= 0.3 is 17.9 Å². The van der Waals surface area contributed by atoms with Crippen molar-refractivity contribution in [1.29, 1.82) is 0 Å². The number of halogens is 1. The second-order valence-electron chi connectivity index (χ2n) is 3.43. The lowest BCUT2D eigenvalue weighted by Gasteiger charge is -2.28. The van der Waals surface area contributed by atoms with Gasteiger partial charge in [-0.25, -0.2) is 4.79 Å². The third-order valence-electron chi connectivity index (χ3n) is 2.44. The van der Waals surface area contributed by atoms with Crippen LogP contribution in [0.2, 0.25) is 0 Å². The Kier molecular flexibility index (Phi) is 3.14. The minimum atomic E-state index is -2.41. The molecule has 0 fully saturated rings. The Morgan fingerprint density at radius 2 is 1.71 bits per heavy atom. The van der Waals surface area contributed by atoms with Crippen molar-refractivity contribution in [3.63, 3.8) is 0 Å². The number of allylic oxidation sites excluding steroid dienone is 1. The summed E-state index contributed by atoms with van der Waals surface area (Å²) in [4.78, 5) is 32.8. The van der Waals surface area contributed by atoms with Crippen LogP contribution in [-0.4, -0.2) is 33.2 Å². The molecule has 0 saturated carbocycles. The van der Waals surface area contributed by atoms with E-state index in [1.54, 1.807) is 0 Å². The average Bonchev–Trinajstić information content (AvgIpc) is 2.19. The zero-order valence-electron chi connectivity index (χ0n) is 8.31. The molecule has 0 saturated heterocycles. The van der Waals surface area contributed by atoms with Gasteiger partial charge in [-0.1, -0.05) is 11.6 Å². The van der Waals surface area contributed by atoms with Crippen LogP contribution < -0.4 is 5.73 Å². The minimum Gasteiger partial charge on any atom is -0.480 e. The molecular formula is C9H8ClNO6. The highest BCUT2D eigenvalue weighted by Gasteiger charge is 2.52. The van der Waals surface area contributed by atoms with Crippen LogP contribution >= 0.6 is 11.6 Å². The number of nitrogens with two attached hydrogens (primary N) is 1. The number of rotatable bonds is 3. The smallest absolute Gasteiger partial charge is 0.337 e. The monoisotopic (exact) mass is 261 g/mol. The van der Waals surface area contributed by atoms with Gasteiger partial charge in [0.1, 0.15) is 0 Å². The first-order chi connectivity index (χ1) is 7.73. The van der Waals surface area contributed by atoms with Crippen molar-refractivity contribution in [3.05, 3.63) is 22.4 Å². The van der Waals surface area contributed by atoms with Crippen LogP contribution in [0.25, 0.3) is 0 Å². The molecule has 0 bridgehead atoms. The first kappa shape index (κ1) is 13.0. The van der Waals surface area contributed by atoms with Gasteiger partial charge in [-0.2, -0.15) is 0 Å². The van der Waals surface area contributed by atoms with E-state index in [9.17, 15) is 14.4 Å². The predicted octanol–water partition coefficient (Wildman–Crippen LogP) is -0.0342. The van der Waals surface area contributed by atoms with Crippen LogP contribution in [0.1, 0.15) is 6.42 Å². The molecule has 0 aromatic carbocycles. The van der Waals surface area contributed by atoms with E-state index >= 15 is 0 Å². The quantitative estimate of drug-likeness (QED) is 0.523. The summed E-state index contributed by atoms with van der Waals surface area (Å²) >= 11 is 5.58. The molecule has 1 aliphatic rings. The normalized spacial score (nSPS) is 18.5. The molecule has 0 aromatic rings. The standard InChI is InChI=1S/C9H8ClNO6/c10-5-1-3(6(12)13)4(11)2-9(5,7(14)15)8(16)17/h1H,2,11H2,(H,12,13)(H,14,15)(H,16,17). The molecule has 0 radical (unpaired) electrons. The van der Waals surface area contributed by atoms with Crippen molar-refractivity contribution in [2.75, 3.05) is 0 Å². The second-order valence-corrected chi connectivity index (χ2v) is 3.84. The van der Waals surface area contributed by atoms with E-state index in [-0.39, 0.29) is 5.70 Å². The first-order valence-corrected chi connectivity index (χ1v) is 4.67. The lowest BCUT2D eigenvalue weighted by atomic mass is 9.78. The molecule has 1 aliphatic carbocycles. The molecule has 92 valence electrons. The molecule has 0 atom stereocenters. The van der Waals surface area contributed by atoms with E-state index in [1.807, 2.05) is 0 Å². The maximum absolute atomic E-state index is 11.0. The van der Waals surface area contributed by atoms with E-state index in [0.29, 0.717) is 0 Å². The summed E-state index contributed by atoms with van der Waals surface area (Å²) in [5.41, 5.74) is 2.21. The summed E-state index contributed by atoms with van der Waals surface area (Å²) in [5, 5.41) is 26.0. The van der Waals surface area contributed by atoms with Gasteiger partial charge in [0.15, 0.2) is 0 Å². The molecule has 0 heterocycles. The Hall–Kier alpha value is -2.02. The number of hydrogen-bond acceptors (Lipinski definition) is 4. The Bertz CT molecular complexity index is 464. The lowest BCUT2D eigenvalue weighted by Crippen LogP contribution is -2.43. The Morgan fingerprint density at radius 1 is 1.24 bits per heavy atom. The minimum absolute atomic E-state index is 0.341. The summed E-state index contributed by atoms with van der Waals surface area (Å²) in [6.07, 6.45) is 0.0690. The molecular weight excluding hydrogens is 254 g/mol. The van der Waals surface area contributed by atoms with Crippen LogP contribution in [0.15, 0.2) is 22.4 Å². The van der Waals surface area contributed by atoms with Crippen LogP contribution in [0, 0.1) is 5.41 Å². The van der Waals surface area contributed by atoms with E-state index in [1.165, 1.54) is 0 Å². The maximum atomic E-state index is 11.0. The predicted molar refractivity (Wildman–Crippen MR) is 55.1 cm³/mol. The first-order valence-electron chi connectivity index (χ1n) is 4.30. The third kappa shape index (κ3) is 1.84. The molecule has 8 heteroatoms. The maximum Gasteiger partial charge on any atom is 0.337 e. The fraction of sp³-hybridized carbons (Fsp3) is 0.222. The number of carboxylic acids is 3. The van der Waals surface area contributed by atoms with Crippen LogP contribution in [0.4, 0.5) is 0 Å². The Labute approximate surface area is 99.8 Å². The molecule has 5 N–H and O–H groups in total. The van der Waals surface area contributed by atoms with Crippen molar-refractivity contribution in [2.24, 2.45) is 11.1 Å². The lowest BCUT2D eigenvalue weighted by molar-refractivity contribution is -0.161. The molecule has 17 heavy (non-hydrogen) atoms. The molecule has 0 amide bonds. The fourth-order valence-corrected chi connectivity index (χ4v) is 1.79. The Morgan fingerprint density at radius 3 is 2.06 bits per heavy atom.